The van der Waals surface area contributed by atoms with Crippen LogP contribution in [-0.4, -0.2) is 61.2 Å². The minimum Gasteiger partial charge on any atom is -0.467 e. The van der Waals surface area contributed by atoms with E-state index in [4.69, 9.17) is 4.74 Å². The SMILES string of the molecule is COC(=O)c1ccc(N=Nc2nc(N=Nc3ccc(C(=O)OC)cc3)c(CC(NC(C)=O)C(=O)OC)[nH]2)cc1. The molecule has 1 aromatic heterocycles. The van der Waals surface area contributed by atoms with Crippen molar-refractivity contribution >= 4 is 47.0 Å². The molecule has 0 fully saturated rings. The highest BCUT2D eigenvalue weighted by molar-refractivity contribution is 5.90. The summed E-state index contributed by atoms with van der Waals surface area (Å²) in [7, 11) is 3.77. The van der Waals surface area contributed by atoms with E-state index in [-0.39, 0.29) is 18.2 Å². The van der Waals surface area contributed by atoms with Crippen LogP contribution in [0.4, 0.5) is 23.1 Å². The molecule has 3 rings (SSSR count). The summed E-state index contributed by atoms with van der Waals surface area (Å²) in [4.78, 5) is 54.3. The van der Waals surface area contributed by atoms with Crippen LogP contribution in [0.2, 0.25) is 0 Å². The maximum Gasteiger partial charge on any atom is 0.337 e. The number of azo groups is 2. The number of amides is 1. The Balaban J connectivity index is 1.90. The van der Waals surface area contributed by atoms with Crippen molar-refractivity contribution in [2.24, 2.45) is 20.5 Å². The number of rotatable bonds is 10. The molecule has 0 spiro atoms. The molecule has 1 atom stereocenters. The fourth-order valence-electron chi connectivity index (χ4n) is 3.22. The van der Waals surface area contributed by atoms with Crippen LogP contribution in [0.15, 0.2) is 69.0 Å². The van der Waals surface area contributed by atoms with E-state index in [9.17, 15) is 19.2 Å². The third kappa shape index (κ3) is 7.85. The molecule has 202 valence electrons. The van der Waals surface area contributed by atoms with Crippen LogP contribution in [0.5, 0.6) is 0 Å². The zero-order chi connectivity index (χ0) is 28.4. The standard InChI is InChI=1S/C25H25N7O7/c1-14(33)26-20(24(36)39-4)13-19-21(31-29-17-9-5-15(6-10-17)22(34)37-2)28-25(27-19)32-30-18-11-7-16(8-12-18)23(35)38-3/h5-12,20H,13H2,1-4H3,(H,26,33)(H,27,28). The first kappa shape index (κ1) is 28.3. The number of aromatic amines is 1. The first-order chi connectivity index (χ1) is 18.7. The number of hydrogen-bond acceptors (Lipinski definition) is 12. The largest absolute Gasteiger partial charge is 0.467 e. The number of nitrogens with one attached hydrogen (secondary N) is 2. The lowest BCUT2D eigenvalue weighted by Gasteiger charge is -2.14. The smallest absolute Gasteiger partial charge is 0.337 e. The highest BCUT2D eigenvalue weighted by Crippen LogP contribution is 2.26. The van der Waals surface area contributed by atoms with E-state index >= 15 is 0 Å². The first-order valence-corrected chi connectivity index (χ1v) is 11.4. The first-order valence-electron chi connectivity index (χ1n) is 11.4. The molecule has 1 heterocycles. The third-order valence-corrected chi connectivity index (χ3v) is 5.11. The molecule has 0 saturated heterocycles. The molecule has 0 bridgehead atoms. The quantitative estimate of drug-likeness (QED) is 0.221. The Kier molecular flexibility index (Phi) is 9.67. The summed E-state index contributed by atoms with van der Waals surface area (Å²) in [5, 5.41) is 19.0. The molecule has 0 aliphatic rings. The van der Waals surface area contributed by atoms with Gasteiger partial charge in [0.15, 0.2) is 5.82 Å². The van der Waals surface area contributed by atoms with Gasteiger partial charge < -0.3 is 24.5 Å². The van der Waals surface area contributed by atoms with Gasteiger partial charge in [0.25, 0.3) is 0 Å². The summed E-state index contributed by atoms with van der Waals surface area (Å²) in [6, 6.07) is 11.4. The predicted molar refractivity (Wildman–Crippen MR) is 136 cm³/mol. The molecule has 39 heavy (non-hydrogen) atoms. The highest BCUT2D eigenvalue weighted by Gasteiger charge is 2.24. The van der Waals surface area contributed by atoms with Crippen LogP contribution in [0.1, 0.15) is 33.3 Å². The summed E-state index contributed by atoms with van der Waals surface area (Å²) in [5.74, 6) is -1.95. The van der Waals surface area contributed by atoms with Crippen molar-refractivity contribution in [3.05, 3.63) is 65.4 Å². The topological polar surface area (TPSA) is 186 Å². The molecule has 1 unspecified atom stereocenters. The molecule has 2 aromatic carbocycles. The maximum absolute atomic E-state index is 12.2. The molecule has 2 N–H and O–H groups in total. The fraction of sp³-hybridized carbons (Fsp3) is 0.240. The van der Waals surface area contributed by atoms with Gasteiger partial charge in [-0.2, -0.15) is 4.98 Å². The number of hydrogen-bond donors (Lipinski definition) is 2. The monoisotopic (exact) mass is 535 g/mol. The minimum absolute atomic E-state index is 0.0449. The molecule has 14 nitrogen and oxygen atoms in total. The van der Waals surface area contributed by atoms with Crippen LogP contribution in [0.25, 0.3) is 0 Å². The lowest BCUT2D eigenvalue weighted by molar-refractivity contribution is -0.144. The normalized spacial score (nSPS) is 11.8. The minimum atomic E-state index is -1.03. The lowest BCUT2D eigenvalue weighted by Crippen LogP contribution is -2.42. The van der Waals surface area contributed by atoms with Gasteiger partial charge in [-0.15, -0.1) is 20.5 Å². The van der Waals surface area contributed by atoms with E-state index in [1.165, 1.54) is 52.5 Å². The number of nitrogens with zero attached hydrogens (tertiary/aromatic N) is 5. The maximum atomic E-state index is 12.2. The number of imidazole rings is 1. The van der Waals surface area contributed by atoms with E-state index in [1.54, 1.807) is 24.3 Å². The average Bonchev–Trinajstić information content (AvgIpc) is 3.34. The summed E-state index contributed by atoms with van der Waals surface area (Å²) in [6.45, 7) is 1.27. The average molecular weight is 536 g/mol. The van der Waals surface area contributed by atoms with Gasteiger partial charge in [0.2, 0.25) is 11.9 Å². The number of methoxy groups -OCH3 is 3. The number of aromatic nitrogens is 2. The van der Waals surface area contributed by atoms with E-state index in [1.807, 2.05) is 0 Å². The Labute approximate surface area is 222 Å². The molecule has 0 saturated carbocycles. The van der Waals surface area contributed by atoms with Gasteiger partial charge in [-0.3, -0.25) is 4.79 Å². The molecular formula is C25H25N7O7. The second-order valence-electron chi connectivity index (χ2n) is 7.82. The van der Waals surface area contributed by atoms with Crippen molar-refractivity contribution in [3.8, 4) is 0 Å². The summed E-state index contributed by atoms with van der Waals surface area (Å²) in [5.41, 5.74) is 1.86. The van der Waals surface area contributed by atoms with E-state index in [0.29, 0.717) is 28.2 Å². The number of carbonyl (C=O) groups is 4. The summed E-state index contributed by atoms with van der Waals surface area (Å²) >= 11 is 0. The predicted octanol–water partition coefficient (Wildman–Crippen LogP) is 4.03. The number of esters is 3. The van der Waals surface area contributed by atoms with Gasteiger partial charge in [-0.25, -0.2) is 14.4 Å². The van der Waals surface area contributed by atoms with E-state index in [0.717, 1.165) is 0 Å². The van der Waals surface area contributed by atoms with Crippen LogP contribution >= 0.6 is 0 Å². The third-order valence-electron chi connectivity index (χ3n) is 5.11. The van der Waals surface area contributed by atoms with Crippen molar-refractivity contribution in [1.29, 1.82) is 0 Å². The molecule has 0 aliphatic heterocycles. The summed E-state index contributed by atoms with van der Waals surface area (Å²) in [6.07, 6.45) is -0.0573. The molecule has 0 radical (unpaired) electrons. The number of H-pyrrole nitrogens is 1. The molecule has 14 heteroatoms. The second kappa shape index (κ2) is 13.3. The Morgan fingerprint density at radius 1 is 0.795 bits per heavy atom. The number of carbonyl (C=O) groups excluding carboxylic acids is 4. The van der Waals surface area contributed by atoms with Crippen LogP contribution in [0.3, 0.4) is 0 Å². The Hall–Kier alpha value is -5.27. The number of ether oxygens (including phenoxy) is 3. The van der Waals surface area contributed by atoms with Crippen molar-refractivity contribution < 1.29 is 33.4 Å². The van der Waals surface area contributed by atoms with Crippen LogP contribution < -0.4 is 5.32 Å². The zero-order valence-corrected chi connectivity index (χ0v) is 21.5. The molecular weight excluding hydrogens is 510 g/mol. The lowest BCUT2D eigenvalue weighted by atomic mass is 10.1. The fourth-order valence-corrected chi connectivity index (χ4v) is 3.22. The van der Waals surface area contributed by atoms with E-state index in [2.05, 4.69) is 45.2 Å². The van der Waals surface area contributed by atoms with E-state index < -0.39 is 29.9 Å². The van der Waals surface area contributed by atoms with Crippen molar-refractivity contribution in [2.75, 3.05) is 21.3 Å². The van der Waals surface area contributed by atoms with Gasteiger partial charge in [-0.1, -0.05) is 0 Å². The Morgan fingerprint density at radius 2 is 1.31 bits per heavy atom. The van der Waals surface area contributed by atoms with Gasteiger partial charge >= 0.3 is 17.9 Å². The van der Waals surface area contributed by atoms with Crippen LogP contribution in [-0.2, 0) is 30.2 Å². The van der Waals surface area contributed by atoms with Gasteiger partial charge in [0, 0.05) is 13.3 Å². The van der Waals surface area contributed by atoms with Crippen molar-refractivity contribution in [1.82, 2.24) is 15.3 Å². The van der Waals surface area contributed by atoms with Crippen molar-refractivity contribution in [3.63, 3.8) is 0 Å². The molecule has 3 aromatic rings. The second-order valence-corrected chi connectivity index (χ2v) is 7.82. The Bertz CT molecular complexity index is 1400. The number of benzene rings is 2. The van der Waals surface area contributed by atoms with Gasteiger partial charge in [0.05, 0.1) is 49.5 Å². The zero-order valence-electron chi connectivity index (χ0n) is 21.5. The molecule has 0 aliphatic carbocycles. The highest BCUT2D eigenvalue weighted by atomic mass is 16.5. The van der Waals surface area contributed by atoms with Gasteiger partial charge in [-0.05, 0) is 48.5 Å². The molecule has 1 amide bonds. The van der Waals surface area contributed by atoms with Crippen molar-refractivity contribution in [2.45, 2.75) is 19.4 Å². The Morgan fingerprint density at radius 3 is 1.77 bits per heavy atom. The van der Waals surface area contributed by atoms with Crippen LogP contribution in [0, 0.1) is 0 Å². The summed E-state index contributed by atoms with van der Waals surface area (Å²) < 4.78 is 14.1. The van der Waals surface area contributed by atoms with Gasteiger partial charge in [0.1, 0.15) is 6.04 Å².